The van der Waals surface area contributed by atoms with Crippen molar-refractivity contribution in [1.29, 1.82) is 0 Å². The number of hydrogen-bond donors (Lipinski definition) is 1. The van der Waals surface area contributed by atoms with E-state index in [1.54, 1.807) is 0 Å². The Morgan fingerprint density at radius 2 is 0.941 bits per heavy atom. The van der Waals surface area contributed by atoms with Crippen molar-refractivity contribution in [3.05, 3.63) is 258 Å². The average Bonchev–Trinajstić information content (AvgIpc) is 3.43. The monoisotopic (exact) mass is 876 g/mol. The second-order valence-electron chi connectivity index (χ2n) is 17.1. The van der Waals surface area contributed by atoms with Crippen molar-refractivity contribution in [1.82, 2.24) is 25.3 Å². The van der Waals surface area contributed by atoms with E-state index in [1.807, 2.05) is 60.7 Å². The van der Waals surface area contributed by atoms with E-state index >= 15 is 0 Å². The lowest BCUT2D eigenvalue weighted by Gasteiger charge is -2.42. The maximum Gasteiger partial charge on any atom is 0.164 e. The molecule has 0 unspecified atom stereocenters. The minimum absolute atomic E-state index is 0.614. The van der Waals surface area contributed by atoms with E-state index in [0.717, 1.165) is 115 Å². The molecule has 3 aliphatic rings. The van der Waals surface area contributed by atoms with Gasteiger partial charge in [0.2, 0.25) is 0 Å². The lowest BCUT2D eigenvalue weighted by Crippen LogP contribution is -2.34. The Kier molecular flexibility index (Phi) is 10.5. The third-order valence-electron chi connectivity index (χ3n) is 12.9. The van der Waals surface area contributed by atoms with Gasteiger partial charge in [0.1, 0.15) is 11.5 Å². The quantitative estimate of drug-likeness (QED) is 0.155. The lowest BCUT2D eigenvalue weighted by molar-refractivity contribution is 0.435. The molecule has 1 N–H and O–H groups in total. The molecule has 7 heteroatoms. The Labute approximate surface area is 395 Å². The Morgan fingerprint density at radius 1 is 0.441 bits per heavy atom. The van der Waals surface area contributed by atoms with Gasteiger partial charge < -0.3 is 10.1 Å². The van der Waals surface area contributed by atoms with Gasteiger partial charge in [-0.15, -0.1) is 0 Å². The summed E-state index contributed by atoms with van der Waals surface area (Å²) >= 11 is 0. The first-order chi connectivity index (χ1) is 33.7. The number of hydrogen-bond acceptors (Lipinski definition) is 7. The number of ether oxygens (including phenoxy) is 1. The highest BCUT2D eigenvalue weighted by molar-refractivity contribution is 6.08. The Bertz CT molecular complexity index is 3360. The number of aliphatic imine (C=N–C) groups is 1. The molecule has 7 aromatic carbocycles. The molecule has 68 heavy (non-hydrogen) atoms. The van der Waals surface area contributed by atoms with E-state index in [9.17, 15) is 0 Å². The van der Waals surface area contributed by atoms with Gasteiger partial charge in [0.25, 0.3) is 0 Å². The molecule has 5 heterocycles. The molecule has 0 fully saturated rings. The molecule has 0 aliphatic carbocycles. The normalized spacial score (nSPS) is 14.4. The molecule has 7 nitrogen and oxygen atoms in total. The van der Waals surface area contributed by atoms with Crippen molar-refractivity contribution in [2.24, 2.45) is 4.99 Å². The number of pyridine rings is 1. The van der Waals surface area contributed by atoms with Crippen molar-refractivity contribution >= 4 is 11.4 Å². The van der Waals surface area contributed by atoms with Gasteiger partial charge in [-0.05, 0) is 88.4 Å². The van der Waals surface area contributed by atoms with E-state index in [1.165, 1.54) is 0 Å². The number of nitrogens with zero attached hydrogens (tertiary/aromatic N) is 5. The molecule has 9 aromatic rings. The van der Waals surface area contributed by atoms with Crippen LogP contribution in [0.5, 0.6) is 11.5 Å². The zero-order valence-electron chi connectivity index (χ0n) is 37.1. The summed E-state index contributed by atoms with van der Waals surface area (Å²) in [5.74, 6) is 3.49. The van der Waals surface area contributed by atoms with E-state index in [0.29, 0.717) is 17.5 Å². The number of benzene rings is 7. The molecule has 0 saturated heterocycles. The molecule has 0 radical (unpaired) electrons. The fourth-order valence-electron chi connectivity index (χ4n) is 9.64. The molecule has 0 atom stereocenters. The highest BCUT2D eigenvalue weighted by Crippen LogP contribution is 2.56. The van der Waals surface area contributed by atoms with Crippen LogP contribution in [0.4, 0.5) is 0 Å². The van der Waals surface area contributed by atoms with E-state index in [2.05, 4.69) is 169 Å². The second kappa shape index (κ2) is 17.5. The molecule has 3 aliphatic heterocycles. The smallest absolute Gasteiger partial charge is 0.164 e. The fourth-order valence-corrected chi connectivity index (χ4v) is 9.64. The third kappa shape index (κ3) is 7.50. The van der Waals surface area contributed by atoms with Crippen LogP contribution >= 0.6 is 0 Å². The Balaban J connectivity index is 1.00. The zero-order valence-corrected chi connectivity index (χ0v) is 37.1. The van der Waals surface area contributed by atoms with Crippen LogP contribution in [0.25, 0.3) is 62.1 Å². The van der Waals surface area contributed by atoms with Crippen LogP contribution in [-0.2, 0) is 5.41 Å². The zero-order chi connectivity index (χ0) is 45.3. The van der Waals surface area contributed by atoms with E-state index < -0.39 is 5.41 Å². The van der Waals surface area contributed by atoms with Gasteiger partial charge in [-0.2, -0.15) is 0 Å². The van der Waals surface area contributed by atoms with Crippen LogP contribution in [-0.4, -0.2) is 38.7 Å². The lowest BCUT2D eigenvalue weighted by atomic mass is 9.63. The third-order valence-corrected chi connectivity index (χ3v) is 12.9. The molecule has 0 bridgehead atoms. The summed E-state index contributed by atoms with van der Waals surface area (Å²) in [5, 5.41) is 3.53. The molecular weight excluding hydrogens is 833 g/mol. The first-order valence-electron chi connectivity index (χ1n) is 23.1. The van der Waals surface area contributed by atoms with Crippen molar-refractivity contribution in [2.75, 3.05) is 13.1 Å². The maximum atomic E-state index is 6.98. The van der Waals surface area contributed by atoms with Crippen LogP contribution in [0.3, 0.4) is 0 Å². The average molecular weight is 877 g/mol. The Hall–Kier alpha value is -8.81. The minimum Gasteiger partial charge on any atom is -0.457 e. The number of allylic oxidation sites excluding steroid dienone is 3. The summed E-state index contributed by atoms with van der Waals surface area (Å²) in [7, 11) is 0. The predicted molar refractivity (Wildman–Crippen MR) is 273 cm³/mol. The summed E-state index contributed by atoms with van der Waals surface area (Å²) in [6.07, 6.45) is 11.5. The van der Waals surface area contributed by atoms with Crippen LogP contribution < -0.4 is 10.1 Å². The summed E-state index contributed by atoms with van der Waals surface area (Å²) < 4.78 is 6.98. The molecule has 0 amide bonds. The van der Waals surface area contributed by atoms with Crippen molar-refractivity contribution in [3.8, 4) is 67.9 Å². The maximum absolute atomic E-state index is 6.98. The number of rotatable bonds is 9. The van der Waals surface area contributed by atoms with Gasteiger partial charge in [-0.25, -0.2) is 19.9 Å². The highest BCUT2D eigenvalue weighted by Gasteiger charge is 2.45. The summed E-state index contributed by atoms with van der Waals surface area (Å²) in [6, 6.07) is 67.9. The topological polar surface area (TPSA) is 85.2 Å². The van der Waals surface area contributed by atoms with Gasteiger partial charge in [0.05, 0.1) is 28.2 Å². The first-order valence-corrected chi connectivity index (χ1v) is 23.1. The molecule has 324 valence electrons. The standard InChI is InChI=1S/C61H44N6O/c1-5-17-42(18-6-1)58-65-59(43-19-7-2-8-20-43)67-60(66-58)44-29-27-41(28-30-44)45-31-33-56-50(37-45)61(48-21-9-3-10-22-48,49-23-11-4-12-24-49)51-38-46(32-34-57(51)68-56)47-39-54(52-25-13-15-35-62-52)64-55(40-47)53-26-14-16-36-63-53/h1-15,17-34,37-40,62H,16,35-36H2. The van der Waals surface area contributed by atoms with Crippen molar-refractivity contribution in [3.63, 3.8) is 0 Å². The number of dihydropyridines is 2. The van der Waals surface area contributed by atoms with Gasteiger partial charge in [0.15, 0.2) is 17.5 Å². The van der Waals surface area contributed by atoms with Gasteiger partial charge >= 0.3 is 0 Å². The van der Waals surface area contributed by atoms with Gasteiger partial charge in [-0.1, -0.05) is 176 Å². The van der Waals surface area contributed by atoms with E-state index in [-0.39, 0.29) is 0 Å². The second-order valence-corrected chi connectivity index (χ2v) is 17.1. The molecule has 0 saturated carbocycles. The largest absolute Gasteiger partial charge is 0.457 e. The highest BCUT2D eigenvalue weighted by atomic mass is 16.5. The number of aromatic nitrogens is 4. The van der Waals surface area contributed by atoms with Crippen molar-refractivity contribution < 1.29 is 4.74 Å². The Morgan fingerprint density at radius 3 is 1.47 bits per heavy atom. The summed E-state index contributed by atoms with van der Waals surface area (Å²) in [4.78, 5) is 24.9. The molecule has 0 spiro atoms. The van der Waals surface area contributed by atoms with Crippen LogP contribution in [0, 0.1) is 0 Å². The molecule has 2 aromatic heterocycles. The van der Waals surface area contributed by atoms with Crippen LogP contribution in [0.1, 0.15) is 40.1 Å². The summed E-state index contributed by atoms with van der Waals surface area (Å²) in [6.45, 7) is 1.50. The predicted octanol–water partition coefficient (Wildman–Crippen LogP) is 13.3. The summed E-state index contributed by atoms with van der Waals surface area (Å²) in [5.41, 5.74) is 14.2. The van der Waals surface area contributed by atoms with Crippen LogP contribution in [0.15, 0.2) is 229 Å². The minimum atomic E-state index is -0.753. The first kappa shape index (κ1) is 40.7. The molecular formula is C61H44N6O. The SMILES string of the molecule is C1=CCNC(c2cc(-c3ccc4c(c3)C(c3ccccc3)(c3ccccc3)c3cc(-c5ccc(-c6nc(-c7ccccc7)nc(-c7ccccc7)n6)cc5)ccc3O4)cc(C3=NCCC=C3)n2)=C1. The number of nitrogens with one attached hydrogen (secondary N) is 1. The number of fused-ring (bicyclic) bond motifs is 2. The van der Waals surface area contributed by atoms with Gasteiger partial charge in [0, 0.05) is 40.9 Å². The fraction of sp³-hybridized carbons (Fsp3) is 0.0656. The molecule has 12 rings (SSSR count). The van der Waals surface area contributed by atoms with E-state index in [4.69, 9.17) is 29.7 Å². The van der Waals surface area contributed by atoms with Gasteiger partial charge in [-0.3, -0.25) is 4.99 Å². The van der Waals surface area contributed by atoms with Crippen molar-refractivity contribution in [2.45, 2.75) is 11.8 Å². The van der Waals surface area contributed by atoms with Crippen LogP contribution in [0.2, 0.25) is 0 Å².